The van der Waals surface area contributed by atoms with Crippen LogP contribution in [0, 0.1) is 46.8 Å². The number of aryl methyl sites for hydroxylation is 1. The molecule has 1 heterocycles. The first kappa shape index (κ1) is 26.4. The van der Waals surface area contributed by atoms with Gasteiger partial charge in [-0.2, -0.15) is 0 Å². The second kappa shape index (κ2) is 11.2. The van der Waals surface area contributed by atoms with E-state index in [0.717, 1.165) is 45.1 Å². The highest BCUT2D eigenvalue weighted by atomic mass is 19.1. The van der Waals surface area contributed by atoms with E-state index in [1.165, 1.54) is 0 Å². The Hall–Kier alpha value is -1.66. The van der Waals surface area contributed by atoms with Crippen molar-refractivity contribution in [3.05, 3.63) is 18.0 Å². The van der Waals surface area contributed by atoms with Crippen LogP contribution in [0.1, 0.15) is 78.6 Å². The highest BCUT2D eigenvalue weighted by Crippen LogP contribution is 2.46. The first-order valence-electron chi connectivity index (χ1n) is 14.0. The van der Waals surface area contributed by atoms with Crippen molar-refractivity contribution < 1.29 is 13.6 Å². The minimum Gasteiger partial charge on any atom is -0.353 e. The Labute approximate surface area is 209 Å². The summed E-state index contributed by atoms with van der Waals surface area (Å²) in [6.07, 6.45) is 9.68. The largest absolute Gasteiger partial charge is 0.353 e. The van der Waals surface area contributed by atoms with E-state index in [2.05, 4.69) is 19.2 Å². The van der Waals surface area contributed by atoms with E-state index in [4.69, 9.17) is 5.41 Å². The maximum atomic E-state index is 14.0. The Morgan fingerprint density at radius 3 is 2.49 bits per heavy atom. The molecule has 3 aliphatic carbocycles. The van der Waals surface area contributed by atoms with Crippen molar-refractivity contribution in [1.29, 1.82) is 5.41 Å². The van der Waals surface area contributed by atoms with Crippen molar-refractivity contribution in [2.45, 2.75) is 103 Å². The molecule has 0 aromatic carbocycles. The number of rotatable bonds is 6. The lowest BCUT2D eigenvalue weighted by Crippen LogP contribution is -2.46. The fourth-order valence-corrected chi connectivity index (χ4v) is 7.52. The molecule has 4 rings (SSSR count). The molecule has 3 fully saturated rings. The van der Waals surface area contributed by atoms with Gasteiger partial charge in [0.25, 0.3) is 0 Å². The Morgan fingerprint density at radius 2 is 1.83 bits per heavy atom. The van der Waals surface area contributed by atoms with Gasteiger partial charge in [-0.3, -0.25) is 10.2 Å². The number of aromatic nitrogens is 2. The number of amides is 1. The van der Waals surface area contributed by atoms with E-state index in [0.29, 0.717) is 54.5 Å². The summed E-state index contributed by atoms with van der Waals surface area (Å²) < 4.78 is 31.8. The molecule has 198 valence electrons. The van der Waals surface area contributed by atoms with Gasteiger partial charge >= 0.3 is 0 Å². The first-order valence-corrected chi connectivity index (χ1v) is 14.0. The average Bonchev–Trinajstić information content (AvgIpc) is 3.12. The lowest BCUT2D eigenvalue weighted by Gasteiger charge is -2.43. The van der Waals surface area contributed by atoms with Crippen LogP contribution >= 0.6 is 0 Å². The Bertz CT molecular complexity index is 913. The molecule has 10 atom stereocenters. The molecule has 7 heteroatoms. The highest BCUT2D eigenvalue weighted by molar-refractivity contribution is 5.79. The third kappa shape index (κ3) is 6.19. The lowest BCUT2D eigenvalue weighted by molar-refractivity contribution is -0.129. The fraction of sp³-hybridized carbons (Fsp3) is 0.857. The first-order chi connectivity index (χ1) is 16.6. The molecule has 1 aromatic heterocycles. The van der Waals surface area contributed by atoms with E-state index >= 15 is 0 Å². The number of carbonyl (C=O) groups excluding carboxylic acids is 1. The molecule has 35 heavy (non-hydrogen) atoms. The smallest absolute Gasteiger partial charge is 0.223 e. The summed E-state index contributed by atoms with van der Waals surface area (Å²) in [5.41, 5.74) is 0.477. The Balaban J connectivity index is 1.45. The molecular weight excluding hydrogens is 446 g/mol. The second-order valence-corrected chi connectivity index (χ2v) is 12.3. The van der Waals surface area contributed by atoms with Gasteiger partial charge in [0, 0.05) is 37.9 Å². The third-order valence-electron chi connectivity index (χ3n) is 9.70. The van der Waals surface area contributed by atoms with Gasteiger partial charge in [-0.15, -0.1) is 0 Å². The van der Waals surface area contributed by atoms with Crippen molar-refractivity contribution in [3.8, 4) is 0 Å². The maximum absolute atomic E-state index is 14.0. The van der Waals surface area contributed by atoms with Gasteiger partial charge in [0.2, 0.25) is 11.5 Å². The fourth-order valence-electron chi connectivity index (χ4n) is 7.52. The average molecular weight is 493 g/mol. The molecule has 9 unspecified atom stereocenters. The number of nitrogens with one attached hydrogen (secondary N) is 2. The van der Waals surface area contributed by atoms with Crippen molar-refractivity contribution >= 4 is 5.91 Å². The van der Waals surface area contributed by atoms with Crippen LogP contribution in [-0.2, 0) is 18.4 Å². The molecule has 1 amide bonds. The Kier molecular flexibility index (Phi) is 8.42. The van der Waals surface area contributed by atoms with Gasteiger partial charge in [0.15, 0.2) is 0 Å². The predicted octanol–water partition coefficient (Wildman–Crippen LogP) is 5.39. The number of carbonyl (C=O) groups is 1. The minimum absolute atomic E-state index is 0.0510. The van der Waals surface area contributed by atoms with Crippen molar-refractivity contribution in [2.24, 2.45) is 48.5 Å². The van der Waals surface area contributed by atoms with E-state index in [1.807, 2.05) is 35.5 Å². The van der Waals surface area contributed by atoms with Crippen molar-refractivity contribution in [2.75, 3.05) is 0 Å². The second-order valence-electron chi connectivity index (χ2n) is 12.3. The lowest BCUT2D eigenvalue weighted by atomic mass is 9.63. The number of hydrogen-bond acceptors (Lipinski definition) is 2. The van der Waals surface area contributed by atoms with Gasteiger partial charge in [-0.25, -0.2) is 8.78 Å². The van der Waals surface area contributed by atoms with Crippen LogP contribution < -0.4 is 10.9 Å². The normalized spacial score (nSPS) is 39.2. The van der Waals surface area contributed by atoms with E-state index in [-0.39, 0.29) is 23.8 Å². The molecule has 1 aromatic rings. The van der Waals surface area contributed by atoms with Gasteiger partial charge in [0.05, 0.1) is 0 Å². The predicted molar refractivity (Wildman–Crippen MR) is 134 cm³/mol. The van der Waals surface area contributed by atoms with Crippen LogP contribution in [0.15, 0.2) is 12.4 Å². The number of alkyl halides is 2. The molecule has 5 nitrogen and oxygen atoms in total. The highest BCUT2D eigenvalue weighted by Gasteiger charge is 2.41. The maximum Gasteiger partial charge on any atom is 0.223 e. The van der Waals surface area contributed by atoms with Crippen LogP contribution in [0.3, 0.4) is 0 Å². The van der Waals surface area contributed by atoms with Crippen LogP contribution in [0.5, 0.6) is 0 Å². The molecule has 2 N–H and O–H groups in total. The number of hydrogen-bond donors (Lipinski definition) is 2. The van der Waals surface area contributed by atoms with Crippen molar-refractivity contribution in [1.82, 2.24) is 14.5 Å². The van der Waals surface area contributed by atoms with Gasteiger partial charge in [-0.1, -0.05) is 13.8 Å². The summed E-state index contributed by atoms with van der Waals surface area (Å²) in [7, 11) is 1.88. The van der Waals surface area contributed by atoms with Gasteiger partial charge < -0.3 is 14.5 Å². The topological polar surface area (TPSA) is 62.8 Å². The molecule has 3 aliphatic rings. The summed E-state index contributed by atoms with van der Waals surface area (Å²) in [4.78, 5) is 13.5. The molecule has 0 saturated heterocycles. The summed E-state index contributed by atoms with van der Waals surface area (Å²) in [5, 5.41) is 11.7. The summed E-state index contributed by atoms with van der Waals surface area (Å²) in [6.45, 7) is 7.01. The quantitative estimate of drug-likeness (QED) is 0.549. The zero-order chi connectivity index (χ0) is 25.3. The van der Waals surface area contributed by atoms with Crippen LogP contribution in [-0.4, -0.2) is 33.4 Å². The summed E-state index contributed by atoms with van der Waals surface area (Å²) >= 11 is 0. The molecule has 0 aliphatic heterocycles. The molecule has 3 saturated carbocycles. The summed E-state index contributed by atoms with van der Waals surface area (Å²) in [5.74, 6) is 2.04. The van der Waals surface area contributed by atoms with Crippen LogP contribution in [0.4, 0.5) is 8.78 Å². The zero-order valence-electron chi connectivity index (χ0n) is 22.1. The number of nitrogens with zero attached hydrogens (tertiary/aromatic N) is 2. The van der Waals surface area contributed by atoms with Crippen LogP contribution in [0.2, 0.25) is 0 Å². The third-order valence-corrected chi connectivity index (χ3v) is 9.70. The molecule has 0 bridgehead atoms. The SMILES string of the molecule is CC1CC([C@H](C)NC(=O)C2CC(Cn3ccn(C)c3=N)CC(C3CCC(F)CC3C)C2)CCC1F. The molecule has 0 spiro atoms. The monoisotopic (exact) mass is 492 g/mol. The zero-order valence-corrected chi connectivity index (χ0v) is 22.1. The number of imidazole rings is 1. The Morgan fingerprint density at radius 1 is 1.06 bits per heavy atom. The van der Waals surface area contributed by atoms with Gasteiger partial charge in [0.1, 0.15) is 12.3 Å². The standard InChI is InChI=1S/C28H46F2N4O/c1-17-12-24(29)6-7-25(17)22-13-20(16-34-10-9-33(4)28(34)31)14-23(15-22)27(35)32-19(3)21-5-8-26(30)18(2)11-21/h9-10,17-26,31H,5-8,11-16H2,1-4H3,(H,32,35)/t17?,18?,19-,20?,21?,22?,23?,24?,25?,26?/m0/s1. The van der Waals surface area contributed by atoms with Gasteiger partial charge in [-0.05, 0) is 100 Å². The van der Waals surface area contributed by atoms with E-state index in [9.17, 15) is 13.6 Å². The van der Waals surface area contributed by atoms with Crippen molar-refractivity contribution in [3.63, 3.8) is 0 Å². The number of halogens is 2. The minimum atomic E-state index is -0.715. The summed E-state index contributed by atoms with van der Waals surface area (Å²) in [6, 6.07) is 0.0560. The van der Waals surface area contributed by atoms with E-state index in [1.54, 1.807) is 0 Å². The van der Waals surface area contributed by atoms with E-state index < -0.39 is 12.3 Å². The van der Waals surface area contributed by atoms with Crippen LogP contribution in [0.25, 0.3) is 0 Å². The molecule has 0 radical (unpaired) electrons. The molecular formula is C28H46F2N4O.